The summed E-state index contributed by atoms with van der Waals surface area (Å²) >= 11 is 11.5. The maximum absolute atomic E-state index is 5.80. The molecule has 12 heavy (non-hydrogen) atoms. The third-order valence-electron chi connectivity index (χ3n) is 1.76. The Labute approximate surface area is 81.9 Å². The molecule has 2 nitrogen and oxygen atoms in total. The molecular weight excluding hydrogens is 195 g/mol. The van der Waals surface area contributed by atoms with Gasteiger partial charge in [0.2, 0.25) is 0 Å². The maximum Gasteiger partial charge on any atom is 0.155 e. The third kappa shape index (κ3) is 1.87. The molecule has 0 radical (unpaired) electrons. The second-order valence-electron chi connectivity index (χ2n) is 2.69. The Morgan fingerprint density at radius 3 is 2.50 bits per heavy atom. The zero-order valence-corrected chi connectivity index (χ0v) is 7.23. The van der Waals surface area contributed by atoms with Crippen LogP contribution in [0.3, 0.4) is 0 Å². The lowest BCUT2D eigenvalue weighted by Crippen LogP contribution is -1.89. The van der Waals surface area contributed by atoms with Crippen LogP contribution in [-0.2, 0) is 0 Å². The monoisotopic (exact) mass is 204 g/mol. The van der Waals surface area contributed by atoms with Gasteiger partial charge in [0.25, 0.3) is 0 Å². The van der Waals surface area contributed by atoms with Crippen LogP contribution >= 0.6 is 23.2 Å². The summed E-state index contributed by atoms with van der Waals surface area (Å²) in [6.45, 7) is 0. The SMILES string of the molecule is C.Clc1cc(C2CC2)c(Cl)nn1. The first-order valence-corrected chi connectivity index (χ1v) is 4.21. The fraction of sp³-hybridized carbons (Fsp3) is 0.500. The predicted octanol–water partition coefficient (Wildman–Crippen LogP) is 3.30. The molecule has 0 unspecified atom stereocenters. The topological polar surface area (TPSA) is 25.8 Å². The van der Waals surface area contributed by atoms with Gasteiger partial charge in [-0.25, -0.2) is 0 Å². The lowest BCUT2D eigenvalue weighted by atomic mass is 10.2. The van der Waals surface area contributed by atoms with Gasteiger partial charge in [-0.3, -0.25) is 0 Å². The Morgan fingerprint density at radius 2 is 1.92 bits per heavy atom. The van der Waals surface area contributed by atoms with Crippen molar-refractivity contribution in [1.29, 1.82) is 0 Å². The summed E-state index contributed by atoms with van der Waals surface area (Å²) in [5.74, 6) is 0.579. The molecule has 66 valence electrons. The van der Waals surface area contributed by atoms with Crippen molar-refractivity contribution < 1.29 is 0 Å². The second-order valence-corrected chi connectivity index (χ2v) is 3.43. The van der Waals surface area contributed by atoms with Gasteiger partial charge < -0.3 is 0 Å². The van der Waals surface area contributed by atoms with Crippen molar-refractivity contribution in [3.05, 3.63) is 21.9 Å². The summed E-state index contributed by atoms with van der Waals surface area (Å²) in [6, 6.07) is 1.80. The van der Waals surface area contributed by atoms with Crippen molar-refractivity contribution >= 4 is 23.2 Å². The van der Waals surface area contributed by atoms with E-state index in [1.165, 1.54) is 12.8 Å². The van der Waals surface area contributed by atoms with E-state index in [0.717, 1.165) is 5.56 Å². The van der Waals surface area contributed by atoms with Gasteiger partial charge in [-0.15, -0.1) is 10.2 Å². The number of hydrogen-bond acceptors (Lipinski definition) is 2. The molecule has 0 saturated heterocycles. The average molecular weight is 205 g/mol. The molecule has 0 atom stereocenters. The zero-order valence-electron chi connectivity index (χ0n) is 5.72. The standard InChI is InChI=1S/C7H6Cl2N2.CH4/c8-6-3-5(4-1-2-4)7(9)11-10-6;/h3-4H,1-2H2;1H4. The molecule has 0 spiro atoms. The van der Waals surface area contributed by atoms with Gasteiger partial charge >= 0.3 is 0 Å². The largest absolute Gasteiger partial charge is 0.155 e. The van der Waals surface area contributed by atoms with Crippen LogP contribution in [0.25, 0.3) is 0 Å². The van der Waals surface area contributed by atoms with Crippen LogP contribution in [0.4, 0.5) is 0 Å². The van der Waals surface area contributed by atoms with Crippen LogP contribution in [0.5, 0.6) is 0 Å². The molecule has 0 amide bonds. The molecule has 0 aromatic carbocycles. The number of halogens is 2. The molecule has 1 aromatic heterocycles. The highest BCUT2D eigenvalue weighted by atomic mass is 35.5. The number of hydrogen-bond donors (Lipinski definition) is 0. The van der Waals surface area contributed by atoms with Crippen LogP contribution in [0.2, 0.25) is 10.3 Å². The molecule has 2 rings (SSSR count). The lowest BCUT2D eigenvalue weighted by molar-refractivity contribution is 0.979. The van der Waals surface area contributed by atoms with Gasteiger partial charge in [0.1, 0.15) is 0 Å². The summed E-state index contributed by atoms with van der Waals surface area (Å²) in [5.41, 5.74) is 1.05. The van der Waals surface area contributed by atoms with E-state index in [1.807, 2.05) is 0 Å². The number of nitrogens with zero attached hydrogens (tertiary/aromatic N) is 2. The first kappa shape index (κ1) is 9.75. The second kappa shape index (κ2) is 3.58. The van der Waals surface area contributed by atoms with E-state index in [1.54, 1.807) is 6.07 Å². The van der Waals surface area contributed by atoms with E-state index in [-0.39, 0.29) is 7.43 Å². The van der Waals surface area contributed by atoms with Crippen LogP contribution in [0, 0.1) is 0 Å². The van der Waals surface area contributed by atoms with E-state index in [2.05, 4.69) is 10.2 Å². The van der Waals surface area contributed by atoms with E-state index in [0.29, 0.717) is 16.2 Å². The average Bonchev–Trinajstić information content (AvgIpc) is 2.76. The minimum atomic E-state index is 0. The summed E-state index contributed by atoms with van der Waals surface area (Å²) < 4.78 is 0. The molecule has 1 heterocycles. The molecule has 1 aliphatic carbocycles. The third-order valence-corrected chi connectivity index (χ3v) is 2.24. The van der Waals surface area contributed by atoms with E-state index in [4.69, 9.17) is 23.2 Å². The highest BCUT2D eigenvalue weighted by Gasteiger charge is 2.26. The van der Waals surface area contributed by atoms with Crippen molar-refractivity contribution in [2.75, 3.05) is 0 Å². The summed E-state index contributed by atoms with van der Waals surface area (Å²) in [4.78, 5) is 0. The minimum absolute atomic E-state index is 0. The highest BCUT2D eigenvalue weighted by Crippen LogP contribution is 2.42. The van der Waals surface area contributed by atoms with Crippen molar-refractivity contribution in [2.45, 2.75) is 26.2 Å². The first-order chi connectivity index (χ1) is 5.27. The molecule has 4 heteroatoms. The van der Waals surface area contributed by atoms with Crippen LogP contribution < -0.4 is 0 Å². The van der Waals surface area contributed by atoms with Gasteiger partial charge in [0.15, 0.2) is 10.3 Å². The molecule has 1 saturated carbocycles. The van der Waals surface area contributed by atoms with Crippen molar-refractivity contribution in [3.63, 3.8) is 0 Å². The van der Waals surface area contributed by atoms with E-state index in [9.17, 15) is 0 Å². The molecule has 1 fully saturated rings. The maximum atomic E-state index is 5.80. The molecule has 0 N–H and O–H groups in total. The molecule has 0 aliphatic heterocycles. The summed E-state index contributed by atoms with van der Waals surface area (Å²) in [5, 5.41) is 8.28. The summed E-state index contributed by atoms with van der Waals surface area (Å²) in [7, 11) is 0. The number of aromatic nitrogens is 2. The minimum Gasteiger partial charge on any atom is -0.137 e. The smallest absolute Gasteiger partial charge is 0.137 e. The van der Waals surface area contributed by atoms with Gasteiger partial charge in [0, 0.05) is 0 Å². The van der Waals surface area contributed by atoms with Crippen LogP contribution in [-0.4, -0.2) is 10.2 Å². The number of rotatable bonds is 1. The zero-order chi connectivity index (χ0) is 7.84. The normalized spacial score (nSPS) is 15.5. The Bertz CT molecular complexity index is 284. The van der Waals surface area contributed by atoms with Gasteiger partial charge in [-0.1, -0.05) is 30.6 Å². The summed E-state index contributed by atoms with van der Waals surface area (Å²) in [6.07, 6.45) is 2.39. The molecule has 1 aromatic rings. The predicted molar refractivity (Wildman–Crippen MR) is 50.8 cm³/mol. The molecule has 1 aliphatic rings. The van der Waals surface area contributed by atoms with Crippen LogP contribution in [0.15, 0.2) is 6.07 Å². The van der Waals surface area contributed by atoms with Crippen molar-refractivity contribution in [3.8, 4) is 0 Å². The fourth-order valence-electron chi connectivity index (χ4n) is 1.05. The van der Waals surface area contributed by atoms with E-state index < -0.39 is 0 Å². The van der Waals surface area contributed by atoms with Crippen LogP contribution in [0.1, 0.15) is 31.7 Å². The Balaban J connectivity index is 0.000000720. The van der Waals surface area contributed by atoms with Crippen molar-refractivity contribution in [2.24, 2.45) is 0 Å². The molecule has 0 bridgehead atoms. The van der Waals surface area contributed by atoms with Gasteiger partial charge in [0.05, 0.1) is 0 Å². The Kier molecular flexibility index (Phi) is 2.91. The van der Waals surface area contributed by atoms with Gasteiger partial charge in [-0.2, -0.15) is 0 Å². The fourth-order valence-corrected chi connectivity index (χ4v) is 1.45. The highest BCUT2D eigenvalue weighted by molar-refractivity contribution is 6.31. The quantitative estimate of drug-likeness (QED) is 0.702. The first-order valence-electron chi connectivity index (χ1n) is 3.46. The van der Waals surface area contributed by atoms with E-state index >= 15 is 0 Å². The van der Waals surface area contributed by atoms with Crippen molar-refractivity contribution in [1.82, 2.24) is 10.2 Å². The Hall–Kier alpha value is -0.340. The Morgan fingerprint density at radius 1 is 1.25 bits per heavy atom. The molecular formula is C8H10Cl2N2. The van der Waals surface area contributed by atoms with Gasteiger partial charge in [-0.05, 0) is 30.4 Å². The lowest BCUT2D eigenvalue weighted by Gasteiger charge is -1.98.